The van der Waals surface area contributed by atoms with Crippen molar-refractivity contribution in [1.82, 2.24) is 0 Å². The second kappa shape index (κ2) is 4.89. The van der Waals surface area contributed by atoms with E-state index in [1.807, 2.05) is 0 Å². The predicted octanol–water partition coefficient (Wildman–Crippen LogP) is 3.78. The molecule has 1 fully saturated rings. The second-order valence-corrected chi connectivity index (χ2v) is 4.35. The van der Waals surface area contributed by atoms with E-state index in [0.717, 1.165) is 25.0 Å². The molecule has 0 spiro atoms. The maximum atomic E-state index is 12.5. The van der Waals surface area contributed by atoms with Crippen LogP contribution >= 0.6 is 0 Å². The van der Waals surface area contributed by atoms with E-state index in [-0.39, 0.29) is 17.8 Å². The summed E-state index contributed by atoms with van der Waals surface area (Å²) in [5.41, 5.74) is -0.730. The van der Waals surface area contributed by atoms with Crippen LogP contribution in [-0.4, -0.2) is 6.10 Å². The number of nitriles is 1. The lowest BCUT2D eigenvalue weighted by atomic mass is 10.1. The van der Waals surface area contributed by atoms with Crippen molar-refractivity contribution >= 4 is 0 Å². The number of nitrogens with zero attached hydrogens (tertiary/aromatic N) is 1. The summed E-state index contributed by atoms with van der Waals surface area (Å²) in [5.74, 6) is -0.0449. The van der Waals surface area contributed by atoms with E-state index in [0.29, 0.717) is 6.42 Å². The lowest BCUT2D eigenvalue weighted by Gasteiger charge is -2.17. The van der Waals surface area contributed by atoms with Gasteiger partial charge in [0.1, 0.15) is 11.9 Å². The van der Waals surface area contributed by atoms with Crippen LogP contribution in [0.2, 0.25) is 0 Å². The van der Waals surface area contributed by atoms with E-state index < -0.39 is 11.7 Å². The van der Waals surface area contributed by atoms with Crippen LogP contribution in [0.4, 0.5) is 13.2 Å². The Kier molecular flexibility index (Phi) is 3.46. The minimum atomic E-state index is -4.37. The molecule has 0 saturated heterocycles. The summed E-state index contributed by atoms with van der Waals surface area (Å²) in [4.78, 5) is 0. The molecule has 1 aliphatic carbocycles. The van der Waals surface area contributed by atoms with Crippen LogP contribution in [0.5, 0.6) is 5.75 Å². The summed E-state index contributed by atoms with van der Waals surface area (Å²) in [6, 6.07) is 6.92. The molecule has 1 aromatic rings. The summed E-state index contributed by atoms with van der Waals surface area (Å²) >= 11 is 0. The minimum absolute atomic E-state index is 0.178. The quantitative estimate of drug-likeness (QED) is 0.805. The Hall–Kier alpha value is -1.70. The van der Waals surface area contributed by atoms with E-state index in [9.17, 15) is 13.2 Å². The fraction of sp³-hybridized carbons (Fsp3) is 0.462. The van der Waals surface area contributed by atoms with Crippen molar-refractivity contribution in [3.63, 3.8) is 0 Å². The van der Waals surface area contributed by atoms with Crippen molar-refractivity contribution in [2.45, 2.75) is 31.5 Å². The average Bonchev–Trinajstić information content (AvgIpc) is 2.75. The van der Waals surface area contributed by atoms with Crippen LogP contribution < -0.4 is 4.74 Å². The monoisotopic (exact) mass is 255 g/mol. The van der Waals surface area contributed by atoms with Crippen LogP contribution in [0.15, 0.2) is 24.3 Å². The predicted molar refractivity (Wildman–Crippen MR) is 58.8 cm³/mol. The Morgan fingerprint density at radius 1 is 1.28 bits per heavy atom. The molecule has 0 amide bonds. The summed E-state index contributed by atoms with van der Waals surface area (Å²) in [7, 11) is 0. The molecule has 2 nitrogen and oxygen atoms in total. The molecule has 1 saturated carbocycles. The van der Waals surface area contributed by atoms with Gasteiger partial charge in [-0.25, -0.2) is 0 Å². The van der Waals surface area contributed by atoms with Crippen molar-refractivity contribution < 1.29 is 17.9 Å². The fourth-order valence-electron chi connectivity index (χ4n) is 2.14. The van der Waals surface area contributed by atoms with Crippen LogP contribution in [-0.2, 0) is 6.18 Å². The number of benzene rings is 1. The largest absolute Gasteiger partial charge is 0.489 e. The first kappa shape index (κ1) is 12.7. The lowest BCUT2D eigenvalue weighted by molar-refractivity contribution is -0.137. The van der Waals surface area contributed by atoms with Gasteiger partial charge in [-0.1, -0.05) is 6.07 Å². The van der Waals surface area contributed by atoms with E-state index in [1.54, 1.807) is 0 Å². The Morgan fingerprint density at radius 3 is 2.72 bits per heavy atom. The van der Waals surface area contributed by atoms with Crippen molar-refractivity contribution in [2.24, 2.45) is 5.92 Å². The van der Waals surface area contributed by atoms with E-state index >= 15 is 0 Å². The molecule has 0 heterocycles. The third-order valence-corrected chi connectivity index (χ3v) is 3.07. The molecule has 0 aliphatic heterocycles. The van der Waals surface area contributed by atoms with Crippen molar-refractivity contribution in [3.05, 3.63) is 29.8 Å². The number of rotatable bonds is 2. The van der Waals surface area contributed by atoms with Crippen molar-refractivity contribution in [1.29, 1.82) is 5.26 Å². The van der Waals surface area contributed by atoms with E-state index in [2.05, 4.69) is 6.07 Å². The van der Waals surface area contributed by atoms with Crippen LogP contribution in [0.1, 0.15) is 24.8 Å². The van der Waals surface area contributed by atoms with Gasteiger partial charge in [-0.3, -0.25) is 0 Å². The summed E-state index contributed by atoms with van der Waals surface area (Å²) in [5, 5.41) is 8.89. The normalized spacial score (nSPS) is 23.7. The highest BCUT2D eigenvalue weighted by molar-refractivity contribution is 5.30. The molecule has 5 heteroatoms. The summed E-state index contributed by atoms with van der Waals surface area (Å²) < 4.78 is 43.0. The van der Waals surface area contributed by atoms with Gasteiger partial charge in [0.05, 0.1) is 17.6 Å². The number of ether oxygens (including phenoxy) is 1. The highest BCUT2D eigenvalue weighted by Gasteiger charge is 2.32. The zero-order chi connectivity index (χ0) is 13.2. The van der Waals surface area contributed by atoms with Gasteiger partial charge < -0.3 is 4.74 Å². The Balaban J connectivity index is 2.13. The van der Waals surface area contributed by atoms with Gasteiger partial charge in [-0.2, -0.15) is 18.4 Å². The van der Waals surface area contributed by atoms with Gasteiger partial charge in [0.25, 0.3) is 0 Å². The number of hydrogen-bond donors (Lipinski definition) is 0. The molecule has 2 rings (SSSR count). The van der Waals surface area contributed by atoms with Gasteiger partial charge in [0.15, 0.2) is 0 Å². The smallest absolute Gasteiger partial charge is 0.416 e. The van der Waals surface area contributed by atoms with E-state index in [4.69, 9.17) is 10.00 Å². The number of hydrogen-bond acceptors (Lipinski definition) is 2. The molecule has 1 aromatic carbocycles. The van der Waals surface area contributed by atoms with Gasteiger partial charge in [-0.05, 0) is 37.5 Å². The first-order valence-electron chi connectivity index (χ1n) is 5.74. The SMILES string of the molecule is N#CC1CCCC1Oc1cccc(C(F)(F)F)c1. The molecule has 0 aromatic heterocycles. The zero-order valence-electron chi connectivity index (χ0n) is 9.57. The molecule has 1 aliphatic rings. The second-order valence-electron chi connectivity index (χ2n) is 4.35. The van der Waals surface area contributed by atoms with Crippen molar-refractivity contribution in [3.8, 4) is 11.8 Å². The molecule has 0 bridgehead atoms. The number of halogens is 3. The van der Waals surface area contributed by atoms with Gasteiger partial charge in [-0.15, -0.1) is 0 Å². The van der Waals surface area contributed by atoms with Gasteiger partial charge in [0, 0.05) is 0 Å². The Bertz CT molecular complexity index is 464. The molecule has 0 N–H and O–H groups in total. The standard InChI is InChI=1S/C13H12F3NO/c14-13(15,16)10-4-2-5-11(7-10)18-12-6-1-3-9(12)8-17/h2,4-5,7,9,12H,1,3,6H2. The molecular weight excluding hydrogens is 243 g/mol. The Morgan fingerprint density at radius 2 is 2.06 bits per heavy atom. The summed E-state index contributed by atoms with van der Waals surface area (Å²) in [6.45, 7) is 0. The highest BCUT2D eigenvalue weighted by Crippen LogP contribution is 2.33. The van der Waals surface area contributed by atoms with Gasteiger partial charge in [0.2, 0.25) is 0 Å². The topological polar surface area (TPSA) is 33.0 Å². The molecule has 96 valence electrons. The van der Waals surface area contributed by atoms with Crippen molar-refractivity contribution in [2.75, 3.05) is 0 Å². The Labute approximate surface area is 103 Å². The average molecular weight is 255 g/mol. The molecule has 18 heavy (non-hydrogen) atoms. The summed E-state index contributed by atoms with van der Waals surface area (Å²) in [6.07, 6.45) is -2.32. The maximum absolute atomic E-state index is 12.5. The zero-order valence-corrected chi connectivity index (χ0v) is 9.57. The molecular formula is C13H12F3NO. The first-order valence-corrected chi connectivity index (χ1v) is 5.74. The van der Waals surface area contributed by atoms with Gasteiger partial charge >= 0.3 is 6.18 Å². The minimum Gasteiger partial charge on any atom is -0.489 e. The highest BCUT2D eigenvalue weighted by atomic mass is 19.4. The van der Waals surface area contributed by atoms with Crippen LogP contribution in [0.25, 0.3) is 0 Å². The van der Waals surface area contributed by atoms with Crippen LogP contribution in [0, 0.1) is 17.2 Å². The van der Waals surface area contributed by atoms with E-state index in [1.165, 1.54) is 12.1 Å². The fourth-order valence-corrected chi connectivity index (χ4v) is 2.14. The molecule has 0 radical (unpaired) electrons. The third kappa shape index (κ3) is 2.76. The lowest BCUT2D eigenvalue weighted by Crippen LogP contribution is -2.20. The first-order chi connectivity index (χ1) is 8.50. The van der Waals surface area contributed by atoms with Crippen LogP contribution in [0.3, 0.4) is 0 Å². The third-order valence-electron chi connectivity index (χ3n) is 3.07. The maximum Gasteiger partial charge on any atom is 0.416 e. The molecule has 2 unspecified atom stereocenters. The molecule has 2 atom stereocenters. The number of alkyl halides is 3.